The first kappa shape index (κ1) is 11.6. The molecule has 18 heavy (non-hydrogen) atoms. The number of hydrogen-bond donors (Lipinski definition) is 2. The molecule has 6 nitrogen and oxygen atoms in total. The molecule has 0 aliphatic carbocycles. The van der Waals surface area contributed by atoms with Gasteiger partial charge in [-0.05, 0) is 12.1 Å². The Balaban J connectivity index is 2.39. The summed E-state index contributed by atoms with van der Waals surface area (Å²) in [7, 11) is 0. The zero-order valence-corrected chi connectivity index (χ0v) is 8.99. The third kappa shape index (κ3) is 1.97. The number of halogens is 1. The van der Waals surface area contributed by atoms with Gasteiger partial charge in [0.05, 0.1) is 5.69 Å². The van der Waals surface area contributed by atoms with E-state index in [1.165, 1.54) is 0 Å². The summed E-state index contributed by atoms with van der Waals surface area (Å²) < 4.78 is 13.3. The second-order valence-corrected chi connectivity index (χ2v) is 3.46. The molecule has 0 bridgehead atoms. The summed E-state index contributed by atoms with van der Waals surface area (Å²) in [5.74, 6) is -0.962. The molecule has 1 aliphatic heterocycles. The third-order valence-electron chi connectivity index (χ3n) is 2.38. The van der Waals surface area contributed by atoms with Crippen LogP contribution in [0.25, 0.3) is 0 Å². The van der Waals surface area contributed by atoms with Crippen molar-refractivity contribution in [3.05, 3.63) is 29.1 Å². The van der Waals surface area contributed by atoms with E-state index >= 15 is 0 Å². The van der Waals surface area contributed by atoms with Gasteiger partial charge in [0.15, 0.2) is 0 Å². The topological polar surface area (TPSA) is 101 Å². The summed E-state index contributed by atoms with van der Waals surface area (Å²) >= 11 is 0. The zero-order chi connectivity index (χ0) is 13.1. The Kier molecular flexibility index (Phi) is 2.90. The average molecular weight is 243 g/mol. The molecule has 0 radical (unpaired) electrons. The summed E-state index contributed by atoms with van der Waals surface area (Å²) in [6.07, 6.45) is 0. The summed E-state index contributed by atoms with van der Waals surface area (Å²) in [6.45, 7) is 0.251. The van der Waals surface area contributed by atoms with Gasteiger partial charge in [0.2, 0.25) is 5.71 Å². The fourth-order valence-electron chi connectivity index (χ4n) is 1.58. The van der Waals surface area contributed by atoms with Crippen LogP contribution in [0.2, 0.25) is 0 Å². The predicted molar refractivity (Wildman–Crippen MR) is 59.9 cm³/mol. The summed E-state index contributed by atoms with van der Waals surface area (Å²) in [5, 5.41) is 23.1. The van der Waals surface area contributed by atoms with Crippen molar-refractivity contribution in [2.75, 3.05) is 5.43 Å². The number of fused-ring (bicyclic) bond motifs is 1. The molecule has 0 saturated heterocycles. The van der Waals surface area contributed by atoms with Crippen molar-refractivity contribution in [3.63, 3.8) is 0 Å². The van der Waals surface area contributed by atoms with Gasteiger partial charge in [0.25, 0.3) is 5.91 Å². The lowest BCUT2D eigenvalue weighted by Crippen LogP contribution is -2.12. The zero-order valence-electron chi connectivity index (χ0n) is 8.99. The summed E-state index contributed by atoms with van der Waals surface area (Å²) in [5.41, 5.74) is 3.07. The molecule has 1 aromatic rings. The lowest BCUT2D eigenvalue weighted by Gasteiger charge is -2.05. The maximum absolute atomic E-state index is 13.3. The maximum Gasteiger partial charge on any atom is 0.252 e. The highest BCUT2D eigenvalue weighted by molar-refractivity contribution is 6.10. The second kappa shape index (κ2) is 4.52. The van der Waals surface area contributed by atoms with Gasteiger partial charge in [-0.3, -0.25) is 10.2 Å². The summed E-state index contributed by atoms with van der Waals surface area (Å²) in [6, 6.07) is 5.40. The molecule has 2 rings (SSSR count). The van der Waals surface area contributed by atoms with Gasteiger partial charge in [-0.1, -0.05) is 0 Å². The van der Waals surface area contributed by atoms with Gasteiger partial charge in [-0.2, -0.15) is 15.6 Å². The lowest BCUT2D eigenvalue weighted by atomic mass is 10.1. The largest absolute Gasteiger partial charge is 0.348 e. The van der Waals surface area contributed by atoms with Crippen LogP contribution in [-0.4, -0.2) is 11.6 Å². The minimum absolute atomic E-state index is 0.225. The number of nitriles is 2. The van der Waals surface area contributed by atoms with Gasteiger partial charge >= 0.3 is 0 Å². The van der Waals surface area contributed by atoms with Crippen molar-refractivity contribution in [1.29, 1.82) is 10.5 Å². The van der Waals surface area contributed by atoms with Crippen LogP contribution < -0.4 is 10.7 Å². The summed E-state index contributed by atoms with van der Waals surface area (Å²) in [4.78, 5) is 11.4. The molecule has 88 valence electrons. The fourth-order valence-corrected chi connectivity index (χ4v) is 1.58. The number of carbonyl (C=O) groups excluding carboxylic acids is 1. The molecule has 2 N–H and O–H groups in total. The Bertz CT molecular complexity index is 622. The molecular weight excluding hydrogens is 237 g/mol. The maximum atomic E-state index is 13.3. The minimum atomic E-state index is -0.598. The number of rotatable bonds is 2. The van der Waals surface area contributed by atoms with E-state index in [9.17, 15) is 9.18 Å². The molecule has 0 fully saturated rings. The normalized spacial score (nSPS) is 11.8. The van der Waals surface area contributed by atoms with Crippen LogP contribution in [0.5, 0.6) is 0 Å². The third-order valence-corrected chi connectivity index (χ3v) is 2.38. The number of hydrazone groups is 1. The van der Waals surface area contributed by atoms with Gasteiger partial charge in [0, 0.05) is 17.7 Å². The lowest BCUT2D eigenvalue weighted by molar-refractivity contribution is 0.0965. The van der Waals surface area contributed by atoms with Crippen molar-refractivity contribution in [3.8, 4) is 12.1 Å². The highest BCUT2D eigenvalue weighted by atomic mass is 19.1. The van der Waals surface area contributed by atoms with E-state index in [0.717, 1.165) is 12.1 Å². The Hall–Kier alpha value is -2.93. The van der Waals surface area contributed by atoms with Crippen LogP contribution >= 0.6 is 0 Å². The smallest absolute Gasteiger partial charge is 0.252 e. The number of benzene rings is 1. The van der Waals surface area contributed by atoms with Crippen LogP contribution in [0.4, 0.5) is 10.1 Å². The Morgan fingerprint density at radius 1 is 1.44 bits per heavy atom. The van der Waals surface area contributed by atoms with Crippen LogP contribution in [-0.2, 0) is 6.54 Å². The Morgan fingerprint density at radius 3 is 2.83 bits per heavy atom. The van der Waals surface area contributed by atoms with Gasteiger partial charge in [0.1, 0.15) is 18.0 Å². The predicted octanol–water partition coefficient (Wildman–Crippen LogP) is 0.884. The van der Waals surface area contributed by atoms with E-state index in [0.29, 0.717) is 5.56 Å². The van der Waals surface area contributed by atoms with Gasteiger partial charge in [-0.15, -0.1) is 0 Å². The molecule has 0 unspecified atom stereocenters. The van der Waals surface area contributed by atoms with Crippen molar-refractivity contribution in [2.45, 2.75) is 6.54 Å². The quantitative estimate of drug-likeness (QED) is 0.594. The van der Waals surface area contributed by atoms with Crippen LogP contribution in [0.1, 0.15) is 15.9 Å². The molecule has 0 atom stereocenters. The van der Waals surface area contributed by atoms with Gasteiger partial charge in [-0.25, -0.2) is 4.39 Å². The molecule has 7 heteroatoms. The van der Waals surface area contributed by atoms with Crippen molar-refractivity contribution in [2.24, 2.45) is 5.10 Å². The second-order valence-electron chi connectivity index (χ2n) is 3.46. The first-order chi connectivity index (χ1) is 8.65. The van der Waals surface area contributed by atoms with E-state index in [4.69, 9.17) is 10.5 Å². The van der Waals surface area contributed by atoms with Crippen molar-refractivity contribution >= 4 is 17.3 Å². The minimum Gasteiger partial charge on any atom is -0.348 e. The number of nitrogens with zero attached hydrogens (tertiary/aromatic N) is 3. The molecule has 0 saturated carbocycles. The number of hydrogen-bond acceptors (Lipinski definition) is 5. The van der Waals surface area contributed by atoms with E-state index in [1.54, 1.807) is 12.1 Å². The Labute approximate surface area is 101 Å². The molecule has 1 heterocycles. The van der Waals surface area contributed by atoms with Crippen LogP contribution in [0.15, 0.2) is 17.2 Å². The standard InChI is InChI=1S/C11H6FN5O/c12-6-1-8-9(5-15-11(8)18)10(2-6)17-16-7(3-13)4-14/h1-2,17H,5H2,(H,15,18). The SMILES string of the molecule is N#CC(C#N)=NNc1cc(F)cc2c1CNC2=O. The van der Waals surface area contributed by atoms with Crippen LogP contribution in [0.3, 0.4) is 0 Å². The van der Waals surface area contributed by atoms with Gasteiger partial charge < -0.3 is 5.32 Å². The van der Waals surface area contributed by atoms with Crippen molar-refractivity contribution in [1.82, 2.24) is 5.32 Å². The van der Waals surface area contributed by atoms with Crippen LogP contribution in [0, 0.1) is 28.5 Å². The first-order valence-electron chi connectivity index (χ1n) is 4.90. The molecule has 1 amide bonds. The number of nitrogens with one attached hydrogen (secondary N) is 2. The number of anilines is 1. The molecule has 0 aromatic heterocycles. The molecule has 0 spiro atoms. The van der Waals surface area contributed by atoms with E-state index < -0.39 is 5.82 Å². The number of carbonyl (C=O) groups is 1. The van der Waals surface area contributed by atoms with E-state index in [-0.39, 0.29) is 29.4 Å². The van der Waals surface area contributed by atoms with E-state index in [1.807, 2.05) is 0 Å². The molecular formula is C11H6FN5O. The fraction of sp³-hybridized carbons (Fsp3) is 0.0909. The monoisotopic (exact) mass is 243 g/mol. The molecule has 1 aliphatic rings. The highest BCUT2D eigenvalue weighted by Crippen LogP contribution is 2.25. The first-order valence-corrected chi connectivity index (χ1v) is 4.90. The van der Waals surface area contributed by atoms with Crippen molar-refractivity contribution < 1.29 is 9.18 Å². The van der Waals surface area contributed by atoms with E-state index in [2.05, 4.69) is 15.8 Å². The molecule has 1 aromatic carbocycles. The highest BCUT2D eigenvalue weighted by Gasteiger charge is 2.23. The number of amides is 1. The Morgan fingerprint density at radius 2 is 2.17 bits per heavy atom. The average Bonchev–Trinajstić information content (AvgIpc) is 2.72.